The van der Waals surface area contributed by atoms with Crippen LogP contribution < -0.4 is 10.0 Å². The van der Waals surface area contributed by atoms with E-state index in [0.717, 1.165) is 11.9 Å². The molecule has 2 N–H and O–H groups in total. The highest BCUT2D eigenvalue weighted by Gasteiger charge is 2.16. The van der Waals surface area contributed by atoms with E-state index in [-0.39, 0.29) is 11.3 Å². The van der Waals surface area contributed by atoms with E-state index in [0.29, 0.717) is 11.4 Å². The Morgan fingerprint density at radius 1 is 0.844 bits per heavy atom. The molecule has 0 saturated carbocycles. The summed E-state index contributed by atoms with van der Waals surface area (Å²) in [6.07, 6.45) is 0.969. The summed E-state index contributed by atoms with van der Waals surface area (Å²) in [5, 5.41) is 10.8. The maximum atomic E-state index is 12.3. The van der Waals surface area contributed by atoms with Crippen LogP contribution in [0.25, 0.3) is 0 Å². The van der Waals surface area contributed by atoms with E-state index < -0.39 is 28.5 Å². The zero-order valence-electron chi connectivity index (χ0n) is 17.1. The number of hydrogen-bond donors (Lipinski definition) is 2. The van der Waals surface area contributed by atoms with Crippen molar-refractivity contribution in [1.82, 2.24) is 0 Å². The van der Waals surface area contributed by atoms with Crippen LogP contribution in [0, 0.1) is 0 Å². The molecule has 3 rings (SSSR count). The van der Waals surface area contributed by atoms with Gasteiger partial charge in [0.15, 0.2) is 6.61 Å². The highest BCUT2D eigenvalue weighted by molar-refractivity contribution is 7.92. The Morgan fingerprint density at radius 2 is 1.44 bits per heavy atom. The molecule has 0 aliphatic rings. The molecule has 0 fully saturated rings. The molecule has 32 heavy (non-hydrogen) atoms. The first-order valence-corrected chi connectivity index (χ1v) is 11.3. The summed E-state index contributed by atoms with van der Waals surface area (Å²) < 4.78 is 30.1. The number of para-hydroxylation sites is 1. The van der Waals surface area contributed by atoms with Crippen molar-refractivity contribution in [3.63, 3.8) is 0 Å². The van der Waals surface area contributed by atoms with Gasteiger partial charge in [-0.1, -0.05) is 30.3 Å². The molecule has 0 bridgehead atoms. The fraction of sp³-hybridized carbons (Fsp3) is 0.0909. The minimum absolute atomic E-state index is 0.00106. The van der Waals surface area contributed by atoms with E-state index in [9.17, 15) is 18.0 Å². The van der Waals surface area contributed by atoms with Crippen LogP contribution >= 0.6 is 0 Å². The monoisotopic (exact) mass is 452 g/mol. The molecule has 1 amide bonds. The molecule has 0 atom stereocenters. The van der Waals surface area contributed by atoms with Crippen LogP contribution in [0.1, 0.15) is 10.4 Å². The SMILES string of the molecule is CS(=O)(=O)Nc1ccccc1C(=O)OCC(=O)Nc1ccc(N=Nc2ccccc2)cc1. The molecule has 0 radical (unpaired) electrons. The fourth-order valence-electron chi connectivity index (χ4n) is 2.58. The number of anilines is 2. The van der Waals surface area contributed by atoms with E-state index in [1.54, 1.807) is 36.4 Å². The number of carbonyl (C=O) groups excluding carboxylic acids is 2. The van der Waals surface area contributed by atoms with Crippen LogP contribution in [0.3, 0.4) is 0 Å². The Bertz CT molecular complexity index is 1230. The lowest BCUT2D eigenvalue weighted by atomic mass is 10.2. The van der Waals surface area contributed by atoms with Gasteiger partial charge in [0.2, 0.25) is 10.0 Å². The molecule has 3 aromatic rings. The molecular formula is C22H20N4O5S. The second-order valence-corrected chi connectivity index (χ2v) is 8.37. The van der Waals surface area contributed by atoms with Gasteiger partial charge in [-0.15, -0.1) is 0 Å². The lowest BCUT2D eigenvalue weighted by Gasteiger charge is -2.10. The first kappa shape index (κ1) is 22.6. The molecule has 164 valence electrons. The zero-order chi connectivity index (χ0) is 23.0. The Hall–Kier alpha value is -4.05. The maximum Gasteiger partial charge on any atom is 0.340 e. The van der Waals surface area contributed by atoms with Crippen LogP contribution in [0.15, 0.2) is 89.1 Å². The second-order valence-electron chi connectivity index (χ2n) is 6.63. The summed E-state index contributed by atoms with van der Waals surface area (Å²) in [4.78, 5) is 24.4. The first-order valence-electron chi connectivity index (χ1n) is 9.41. The van der Waals surface area contributed by atoms with Crippen molar-refractivity contribution in [2.45, 2.75) is 0 Å². The van der Waals surface area contributed by atoms with Crippen molar-refractivity contribution in [3.05, 3.63) is 84.4 Å². The van der Waals surface area contributed by atoms with Gasteiger partial charge in [0.1, 0.15) is 0 Å². The van der Waals surface area contributed by atoms with Crippen LogP contribution in [0.4, 0.5) is 22.7 Å². The zero-order valence-corrected chi connectivity index (χ0v) is 17.9. The summed E-state index contributed by atoms with van der Waals surface area (Å²) in [7, 11) is -3.58. The van der Waals surface area contributed by atoms with Crippen LogP contribution in [-0.4, -0.2) is 33.2 Å². The average Bonchev–Trinajstić information content (AvgIpc) is 2.77. The molecule has 0 spiro atoms. The third-order valence-corrected chi connectivity index (χ3v) is 4.56. The van der Waals surface area contributed by atoms with E-state index in [2.05, 4.69) is 20.3 Å². The van der Waals surface area contributed by atoms with Crippen LogP contribution in [-0.2, 0) is 19.6 Å². The second kappa shape index (κ2) is 10.3. The minimum atomic E-state index is -3.58. The standard InChI is InChI=1S/C22H20N4O5S/c1-32(29,30)26-20-10-6-5-9-19(20)22(28)31-15-21(27)23-16-11-13-18(14-12-16)25-24-17-7-3-2-4-8-17/h2-14,26H,15H2,1H3,(H,23,27). The largest absolute Gasteiger partial charge is 0.452 e. The van der Waals surface area contributed by atoms with E-state index in [1.807, 2.05) is 30.3 Å². The van der Waals surface area contributed by atoms with Gasteiger partial charge in [-0.3, -0.25) is 9.52 Å². The molecule has 3 aromatic carbocycles. The normalized spacial score (nSPS) is 11.2. The lowest BCUT2D eigenvalue weighted by Crippen LogP contribution is -2.21. The molecule has 0 heterocycles. The summed E-state index contributed by atoms with van der Waals surface area (Å²) in [6, 6.07) is 21.9. The summed E-state index contributed by atoms with van der Waals surface area (Å²) in [6.45, 7) is -0.540. The number of hydrogen-bond acceptors (Lipinski definition) is 7. The van der Waals surface area contributed by atoms with Gasteiger partial charge in [-0.2, -0.15) is 10.2 Å². The van der Waals surface area contributed by atoms with Gasteiger partial charge in [-0.25, -0.2) is 13.2 Å². The Kier molecular flexibility index (Phi) is 7.29. The van der Waals surface area contributed by atoms with E-state index in [4.69, 9.17) is 4.74 Å². The van der Waals surface area contributed by atoms with Crippen molar-refractivity contribution in [3.8, 4) is 0 Å². The lowest BCUT2D eigenvalue weighted by molar-refractivity contribution is -0.119. The van der Waals surface area contributed by atoms with Gasteiger partial charge in [-0.05, 0) is 48.5 Å². The Morgan fingerprint density at radius 3 is 2.09 bits per heavy atom. The van der Waals surface area contributed by atoms with Crippen molar-refractivity contribution >= 4 is 44.6 Å². The van der Waals surface area contributed by atoms with Crippen molar-refractivity contribution in [2.24, 2.45) is 10.2 Å². The van der Waals surface area contributed by atoms with Crippen molar-refractivity contribution in [2.75, 3.05) is 22.9 Å². The number of nitrogens with zero attached hydrogens (tertiary/aromatic N) is 2. The van der Waals surface area contributed by atoms with Crippen LogP contribution in [0.5, 0.6) is 0 Å². The number of benzene rings is 3. The average molecular weight is 452 g/mol. The third kappa shape index (κ3) is 7.03. The highest BCUT2D eigenvalue weighted by Crippen LogP contribution is 2.20. The molecule has 9 nitrogen and oxygen atoms in total. The van der Waals surface area contributed by atoms with Gasteiger partial charge < -0.3 is 10.1 Å². The first-order chi connectivity index (χ1) is 15.3. The highest BCUT2D eigenvalue weighted by atomic mass is 32.2. The smallest absolute Gasteiger partial charge is 0.340 e. The number of ether oxygens (including phenoxy) is 1. The van der Waals surface area contributed by atoms with Gasteiger partial charge >= 0.3 is 5.97 Å². The quantitative estimate of drug-likeness (QED) is 0.390. The third-order valence-electron chi connectivity index (χ3n) is 3.96. The molecule has 0 saturated heterocycles. The van der Waals surface area contributed by atoms with Crippen molar-refractivity contribution in [1.29, 1.82) is 0 Å². The Labute approximate surface area is 185 Å². The van der Waals surface area contributed by atoms with Gasteiger partial charge in [0.05, 0.1) is 28.9 Å². The number of esters is 1. The summed E-state index contributed by atoms with van der Waals surface area (Å²) >= 11 is 0. The fourth-order valence-corrected chi connectivity index (χ4v) is 3.15. The number of sulfonamides is 1. The predicted molar refractivity (Wildman–Crippen MR) is 121 cm³/mol. The summed E-state index contributed by atoms with van der Waals surface area (Å²) in [5.41, 5.74) is 1.89. The maximum absolute atomic E-state index is 12.3. The number of amides is 1. The van der Waals surface area contributed by atoms with Crippen molar-refractivity contribution < 1.29 is 22.7 Å². The van der Waals surface area contributed by atoms with Gasteiger partial charge in [0.25, 0.3) is 5.91 Å². The number of azo groups is 1. The number of carbonyl (C=O) groups is 2. The Balaban J connectivity index is 1.54. The molecule has 0 aliphatic carbocycles. The molecular weight excluding hydrogens is 432 g/mol. The summed E-state index contributed by atoms with van der Waals surface area (Å²) in [5.74, 6) is -1.38. The molecule has 0 unspecified atom stereocenters. The van der Waals surface area contributed by atoms with Gasteiger partial charge in [0, 0.05) is 5.69 Å². The predicted octanol–water partition coefficient (Wildman–Crippen LogP) is 4.27. The molecule has 0 aliphatic heterocycles. The number of nitrogens with one attached hydrogen (secondary N) is 2. The van der Waals surface area contributed by atoms with E-state index in [1.165, 1.54) is 12.1 Å². The topological polar surface area (TPSA) is 126 Å². The minimum Gasteiger partial charge on any atom is -0.452 e. The number of rotatable bonds is 8. The molecule has 10 heteroatoms. The van der Waals surface area contributed by atoms with E-state index >= 15 is 0 Å². The molecule has 0 aromatic heterocycles. The van der Waals surface area contributed by atoms with Crippen LogP contribution in [0.2, 0.25) is 0 Å².